The molecule has 0 aliphatic carbocycles. The fourth-order valence-electron chi connectivity index (χ4n) is 1.52. The minimum Gasteiger partial charge on any atom is -0.366 e. The largest absolute Gasteiger partial charge is 0.366 e. The molecule has 6 heteroatoms. The summed E-state index contributed by atoms with van der Waals surface area (Å²) >= 11 is 2.19. The van der Waals surface area contributed by atoms with Crippen molar-refractivity contribution in [1.82, 2.24) is 9.97 Å². The number of halogens is 1. The minimum absolute atomic E-state index is 0.0702. The van der Waals surface area contributed by atoms with E-state index in [9.17, 15) is 0 Å². The van der Waals surface area contributed by atoms with E-state index in [1.165, 1.54) is 6.33 Å². The second kappa shape index (κ2) is 4.80. The Morgan fingerprint density at radius 3 is 3.06 bits per heavy atom. The van der Waals surface area contributed by atoms with E-state index in [2.05, 4.69) is 37.9 Å². The summed E-state index contributed by atoms with van der Waals surface area (Å²) in [6.07, 6.45) is 3.37. The third kappa shape index (κ3) is 3.02. The summed E-state index contributed by atoms with van der Waals surface area (Å²) in [6.45, 7) is 5.14. The first kappa shape index (κ1) is 12.0. The van der Waals surface area contributed by atoms with Gasteiger partial charge in [0.05, 0.1) is 10.2 Å². The van der Waals surface area contributed by atoms with Gasteiger partial charge < -0.3 is 14.8 Å². The zero-order valence-electron chi connectivity index (χ0n) is 9.24. The monoisotopic (exact) mass is 335 g/mol. The first-order valence-electron chi connectivity index (χ1n) is 5.08. The van der Waals surface area contributed by atoms with Crippen molar-refractivity contribution in [3.05, 3.63) is 16.1 Å². The van der Waals surface area contributed by atoms with E-state index in [0.717, 1.165) is 9.39 Å². The average molecular weight is 335 g/mol. The van der Waals surface area contributed by atoms with Gasteiger partial charge in [-0.2, -0.15) is 0 Å². The molecular formula is C10H14IN3O2. The van der Waals surface area contributed by atoms with Crippen LogP contribution < -0.4 is 5.32 Å². The maximum atomic E-state index is 5.68. The van der Waals surface area contributed by atoms with Crippen LogP contribution in [0.1, 0.15) is 13.8 Å². The molecule has 16 heavy (non-hydrogen) atoms. The third-order valence-electron chi connectivity index (χ3n) is 2.23. The van der Waals surface area contributed by atoms with Gasteiger partial charge in [-0.25, -0.2) is 9.97 Å². The van der Waals surface area contributed by atoms with Crippen LogP contribution >= 0.6 is 22.6 Å². The average Bonchev–Trinajstić information content (AvgIpc) is 2.57. The molecule has 0 radical (unpaired) electrons. The smallest absolute Gasteiger partial charge is 0.163 e. The van der Waals surface area contributed by atoms with E-state index in [-0.39, 0.29) is 6.10 Å². The minimum atomic E-state index is -0.467. The second-order valence-corrected chi connectivity index (χ2v) is 5.21. The van der Waals surface area contributed by atoms with E-state index >= 15 is 0 Å². The highest BCUT2D eigenvalue weighted by molar-refractivity contribution is 14.1. The summed E-state index contributed by atoms with van der Waals surface area (Å²) in [4.78, 5) is 8.08. The second-order valence-electron chi connectivity index (χ2n) is 4.05. The molecule has 1 aromatic heterocycles. The van der Waals surface area contributed by atoms with Gasteiger partial charge in [-0.1, -0.05) is 0 Å². The molecule has 1 atom stereocenters. The molecule has 2 heterocycles. The quantitative estimate of drug-likeness (QED) is 0.852. The molecule has 0 bridgehead atoms. The maximum Gasteiger partial charge on any atom is 0.163 e. The van der Waals surface area contributed by atoms with Crippen molar-refractivity contribution in [2.45, 2.75) is 25.7 Å². The lowest BCUT2D eigenvalue weighted by molar-refractivity contribution is -0.136. The summed E-state index contributed by atoms with van der Waals surface area (Å²) in [5.41, 5.74) is 0. The van der Waals surface area contributed by atoms with E-state index in [4.69, 9.17) is 9.47 Å². The SMILES string of the molecule is CC1(C)OCC(CNc2ncncc2I)O1. The number of rotatable bonds is 3. The van der Waals surface area contributed by atoms with Crippen molar-refractivity contribution in [1.29, 1.82) is 0 Å². The van der Waals surface area contributed by atoms with Gasteiger partial charge in [-0.15, -0.1) is 0 Å². The van der Waals surface area contributed by atoms with Crippen molar-refractivity contribution in [3.8, 4) is 0 Å². The van der Waals surface area contributed by atoms with Gasteiger partial charge >= 0.3 is 0 Å². The Bertz CT molecular complexity index is 373. The normalized spacial score (nSPS) is 23.3. The van der Waals surface area contributed by atoms with Gasteiger partial charge in [-0.05, 0) is 36.4 Å². The zero-order chi connectivity index (χ0) is 11.6. The molecule has 2 rings (SSSR count). The van der Waals surface area contributed by atoms with Crippen LogP contribution in [0.3, 0.4) is 0 Å². The first-order valence-corrected chi connectivity index (χ1v) is 6.16. The highest BCUT2D eigenvalue weighted by Gasteiger charge is 2.32. The van der Waals surface area contributed by atoms with Crippen LogP contribution in [0.25, 0.3) is 0 Å². The molecule has 0 saturated carbocycles. The molecule has 1 saturated heterocycles. The van der Waals surface area contributed by atoms with Crippen LogP contribution in [0.5, 0.6) is 0 Å². The summed E-state index contributed by atoms with van der Waals surface area (Å²) < 4.78 is 12.2. The number of aromatic nitrogens is 2. The Hall–Kier alpha value is -0.470. The highest BCUT2D eigenvalue weighted by Crippen LogP contribution is 2.22. The molecule has 0 aromatic carbocycles. The van der Waals surface area contributed by atoms with Gasteiger partial charge in [0.15, 0.2) is 5.79 Å². The third-order valence-corrected chi connectivity index (χ3v) is 3.02. The number of ether oxygens (including phenoxy) is 2. The van der Waals surface area contributed by atoms with E-state index in [1.54, 1.807) is 6.20 Å². The van der Waals surface area contributed by atoms with Crippen molar-refractivity contribution in [3.63, 3.8) is 0 Å². The molecule has 1 aliphatic heterocycles. The van der Waals surface area contributed by atoms with Gasteiger partial charge in [0.2, 0.25) is 0 Å². The van der Waals surface area contributed by atoms with Crippen LogP contribution in [0.2, 0.25) is 0 Å². The van der Waals surface area contributed by atoms with Gasteiger partial charge in [0.25, 0.3) is 0 Å². The Kier molecular flexibility index (Phi) is 3.60. The van der Waals surface area contributed by atoms with Gasteiger partial charge in [-0.3, -0.25) is 0 Å². The molecule has 0 spiro atoms. The van der Waals surface area contributed by atoms with Crippen molar-refractivity contribution < 1.29 is 9.47 Å². The Morgan fingerprint density at radius 1 is 1.62 bits per heavy atom. The van der Waals surface area contributed by atoms with Crippen molar-refractivity contribution in [2.24, 2.45) is 0 Å². The predicted molar refractivity (Wildman–Crippen MR) is 68.1 cm³/mol. The lowest BCUT2D eigenvalue weighted by Crippen LogP contribution is -2.26. The van der Waals surface area contributed by atoms with Gasteiger partial charge in [0.1, 0.15) is 18.2 Å². The molecule has 1 aromatic rings. The van der Waals surface area contributed by atoms with Crippen molar-refractivity contribution >= 4 is 28.4 Å². The number of nitrogens with zero attached hydrogens (tertiary/aromatic N) is 2. The summed E-state index contributed by atoms with van der Waals surface area (Å²) in [5.74, 6) is 0.370. The van der Waals surface area contributed by atoms with Crippen molar-refractivity contribution in [2.75, 3.05) is 18.5 Å². The standard InChI is InChI=1S/C10H14IN3O2/c1-10(2)15-5-7(16-10)3-13-9-8(11)4-12-6-14-9/h4,6-7H,3,5H2,1-2H3,(H,12,13,14). The van der Waals surface area contributed by atoms with Crippen LogP contribution in [0.4, 0.5) is 5.82 Å². The highest BCUT2D eigenvalue weighted by atomic mass is 127. The predicted octanol–water partition coefficient (Wildman–Crippen LogP) is 1.64. The summed E-state index contributed by atoms with van der Waals surface area (Å²) in [5, 5.41) is 3.23. The van der Waals surface area contributed by atoms with Crippen LogP contribution in [0, 0.1) is 3.57 Å². The summed E-state index contributed by atoms with van der Waals surface area (Å²) in [7, 11) is 0. The summed E-state index contributed by atoms with van der Waals surface area (Å²) in [6, 6.07) is 0. The molecule has 88 valence electrons. The molecule has 1 aliphatic rings. The van der Waals surface area contributed by atoms with Crippen LogP contribution in [-0.4, -0.2) is 35.0 Å². The Balaban J connectivity index is 1.87. The molecule has 1 unspecified atom stereocenters. The first-order chi connectivity index (χ1) is 7.57. The fraction of sp³-hybridized carbons (Fsp3) is 0.600. The Morgan fingerprint density at radius 2 is 2.44 bits per heavy atom. The molecule has 1 fully saturated rings. The zero-order valence-corrected chi connectivity index (χ0v) is 11.4. The van der Waals surface area contributed by atoms with E-state index in [1.807, 2.05) is 13.8 Å². The molecule has 5 nitrogen and oxygen atoms in total. The lowest BCUT2D eigenvalue weighted by atomic mass is 10.3. The molecule has 1 N–H and O–H groups in total. The number of hydrogen-bond acceptors (Lipinski definition) is 5. The van der Waals surface area contributed by atoms with Crippen LogP contribution in [0.15, 0.2) is 12.5 Å². The lowest BCUT2D eigenvalue weighted by Gasteiger charge is -2.17. The number of nitrogens with one attached hydrogen (secondary N) is 1. The molecular weight excluding hydrogens is 321 g/mol. The van der Waals surface area contributed by atoms with E-state index < -0.39 is 5.79 Å². The maximum absolute atomic E-state index is 5.68. The molecule has 0 amide bonds. The fourth-order valence-corrected chi connectivity index (χ4v) is 2.01. The Labute approximate surface area is 108 Å². The van der Waals surface area contributed by atoms with Crippen LogP contribution in [-0.2, 0) is 9.47 Å². The van der Waals surface area contributed by atoms with E-state index in [0.29, 0.717) is 13.2 Å². The number of hydrogen-bond donors (Lipinski definition) is 1. The topological polar surface area (TPSA) is 56.3 Å². The number of anilines is 1. The van der Waals surface area contributed by atoms with Gasteiger partial charge in [0, 0.05) is 12.7 Å².